The van der Waals surface area contributed by atoms with E-state index in [1.165, 1.54) is 13.2 Å². The third kappa shape index (κ3) is 5.20. The zero-order valence-electron chi connectivity index (χ0n) is 15.2. The molecule has 2 rings (SSSR count). The monoisotopic (exact) mass is 391 g/mol. The molecule has 27 heavy (non-hydrogen) atoms. The van der Waals surface area contributed by atoms with Gasteiger partial charge in [0.15, 0.2) is 0 Å². The highest BCUT2D eigenvalue weighted by molar-refractivity contribution is 7.92. The SMILES string of the molecule is COc1ccccc1N(CC(=O)N/N=C(/C)c1ccccc1O)S(C)(=O)=O. The Balaban J connectivity index is 2.20. The summed E-state index contributed by atoms with van der Waals surface area (Å²) in [5.74, 6) is -0.287. The fourth-order valence-corrected chi connectivity index (χ4v) is 3.23. The van der Waals surface area contributed by atoms with Crippen LogP contribution in [0.2, 0.25) is 0 Å². The number of sulfonamides is 1. The number of aromatic hydroxyl groups is 1. The van der Waals surface area contributed by atoms with E-state index in [0.717, 1.165) is 10.6 Å². The van der Waals surface area contributed by atoms with Crippen molar-refractivity contribution in [1.82, 2.24) is 5.43 Å². The van der Waals surface area contributed by atoms with Gasteiger partial charge in [0.25, 0.3) is 5.91 Å². The quantitative estimate of drug-likeness (QED) is 0.552. The van der Waals surface area contributed by atoms with E-state index in [4.69, 9.17) is 4.74 Å². The average molecular weight is 391 g/mol. The minimum Gasteiger partial charge on any atom is -0.507 e. The second-order valence-electron chi connectivity index (χ2n) is 5.69. The largest absolute Gasteiger partial charge is 0.507 e. The van der Waals surface area contributed by atoms with Gasteiger partial charge in [0.05, 0.1) is 24.8 Å². The molecule has 0 atom stereocenters. The van der Waals surface area contributed by atoms with Crippen LogP contribution in [0.15, 0.2) is 53.6 Å². The van der Waals surface area contributed by atoms with Gasteiger partial charge in [-0.25, -0.2) is 13.8 Å². The van der Waals surface area contributed by atoms with Crippen molar-refractivity contribution < 1.29 is 23.1 Å². The molecule has 2 aromatic rings. The van der Waals surface area contributed by atoms with Crippen molar-refractivity contribution in [3.8, 4) is 11.5 Å². The number of methoxy groups -OCH3 is 1. The van der Waals surface area contributed by atoms with Crippen molar-refractivity contribution in [2.75, 3.05) is 24.2 Å². The lowest BCUT2D eigenvalue weighted by atomic mass is 10.1. The van der Waals surface area contributed by atoms with Crippen LogP contribution in [0.5, 0.6) is 11.5 Å². The molecule has 0 aliphatic heterocycles. The number of rotatable bonds is 7. The fraction of sp³-hybridized carbons (Fsp3) is 0.222. The van der Waals surface area contributed by atoms with Crippen molar-refractivity contribution in [1.29, 1.82) is 0 Å². The van der Waals surface area contributed by atoms with Gasteiger partial charge in [0.1, 0.15) is 18.0 Å². The Morgan fingerprint density at radius 2 is 1.81 bits per heavy atom. The zero-order chi connectivity index (χ0) is 20.0. The molecule has 1 amide bonds. The highest BCUT2D eigenvalue weighted by Crippen LogP contribution is 2.29. The maximum Gasteiger partial charge on any atom is 0.260 e. The lowest BCUT2D eigenvalue weighted by Gasteiger charge is -2.23. The molecule has 8 nitrogen and oxygen atoms in total. The highest BCUT2D eigenvalue weighted by Gasteiger charge is 2.23. The van der Waals surface area contributed by atoms with E-state index in [2.05, 4.69) is 10.5 Å². The van der Waals surface area contributed by atoms with Crippen molar-refractivity contribution in [2.45, 2.75) is 6.92 Å². The second-order valence-corrected chi connectivity index (χ2v) is 7.60. The molecule has 0 unspecified atom stereocenters. The van der Waals surface area contributed by atoms with E-state index in [-0.39, 0.29) is 11.4 Å². The van der Waals surface area contributed by atoms with Gasteiger partial charge in [-0.3, -0.25) is 9.10 Å². The molecule has 2 N–H and O–H groups in total. The van der Waals surface area contributed by atoms with E-state index >= 15 is 0 Å². The van der Waals surface area contributed by atoms with Crippen LogP contribution in [0.4, 0.5) is 5.69 Å². The first-order chi connectivity index (χ1) is 12.7. The van der Waals surface area contributed by atoms with Gasteiger partial charge in [0, 0.05) is 5.56 Å². The first-order valence-electron chi connectivity index (χ1n) is 7.96. The number of amides is 1. The number of nitrogens with zero attached hydrogens (tertiary/aromatic N) is 2. The maximum absolute atomic E-state index is 12.3. The van der Waals surface area contributed by atoms with Gasteiger partial charge < -0.3 is 9.84 Å². The first-order valence-corrected chi connectivity index (χ1v) is 9.81. The maximum atomic E-state index is 12.3. The topological polar surface area (TPSA) is 108 Å². The Hall–Kier alpha value is -3.07. The number of nitrogens with one attached hydrogen (secondary N) is 1. The summed E-state index contributed by atoms with van der Waals surface area (Å²) in [7, 11) is -2.32. The lowest BCUT2D eigenvalue weighted by Crippen LogP contribution is -2.39. The van der Waals surface area contributed by atoms with Gasteiger partial charge in [-0.1, -0.05) is 24.3 Å². The zero-order valence-corrected chi connectivity index (χ0v) is 16.0. The molecule has 0 spiro atoms. The van der Waals surface area contributed by atoms with Crippen LogP contribution in [0, 0.1) is 0 Å². The number of benzene rings is 2. The van der Waals surface area contributed by atoms with E-state index in [0.29, 0.717) is 17.0 Å². The van der Waals surface area contributed by atoms with Crippen LogP contribution in [-0.2, 0) is 14.8 Å². The number of carbonyl (C=O) groups is 1. The third-order valence-corrected chi connectivity index (χ3v) is 4.81. The molecular formula is C18H21N3O5S. The average Bonchev–Trinajstić information content (AvgIpc) is 2.63. The highest BCUT2D eigenvalue weighted by atomic mass is 32.2. The summed E-state index contributed by atoms with van der Waals surface area (Å²) in [6, 6.07) is 13.0. The van der Waals surface area contributed by atoms with Crippen LogP contribution < -0.4 is 14.5 Å². The van der Waals surface area contributed by atoms with Gasteiger partial charge in [-0.05, 0) is 31.2 Å². The number of hydrazone groups is 1. The number of para-hydroxylation sites is 3. The molecule has 0 fully saturated rings. The summed E-state index contributed by atoms with van der Waals surface area (Å²) in [5.41, 5.74) is 3.40. The summed E-state index contributed by atoms with van der Waals surface area (Å²) < 4.78 is 30.4. The van der Waals surface area contributed by atoms with Crippen molar-refractivity contribution in [2.24, 2.45) is 5.10 Å². The summed E-state index contributed by atoms with van der Waals surface area (Å²) in [6.45, 7) is 1.14. The van der Waals surface area contributed by atoms with Crippen molar-refractivity contribution >= 4 is 27.3 Å². The number of phenolic OH excluding ortho intramolecular Hbond substituents is 1. The molecule has 144 valence electrons. The van der Waals surface area contributed by atoms with Crippen LogP contribution in [0.25, 0.3) is 0 Å². The van der Waals surface area contributed by atoms with Gasteiger partial charge >= 0.3 is 0 Å². The molecular weight excluding hydrogens is 370 g/mol. The fourth-order valence-electron chi connectivity index (χ4n) is 2.37. The Kier molecular flexibility index (Phi) is 6.40. The van der Waals surface area contributed by atoms with Crippen LogP contribution in [0.3, 0.4) is 0 Å². The number of anilines is 1. The summed E-state index contributed by atoms with van der Waals surface area (Å²) in [4.78, 5) is 12.3. The molecule has 9 heteroatoms. The molecule has 2 aromatic carbocycles. The third-order valence-electron chi connectivity index (χ3n) is 3.68. The van der Waals surface area contributed by atoms with E-state index in [9.17, 15) is 18.3 Å². The van der Waals surface area contributed by atoms with Gasteiger partial charge in [-0.15, -0.1) is 0 Å². The summed E-state index contributed by atoms with van der Waals surface area (Å²) in [6.07, 6.45) is 1.00. The van der Waals surface area contributed by atoms with Crippen molar-refractivity contribution in [3.63, 3.8) is 0 Å². The minimum absolute atomic E-state index is 0.0276. The molecule has 0 aliphatic carbocycles. The van der Waals surface area contributed by atoms with Crippen LogP contribution in [-0.4, -0.2) is 45.1 Å². The second kappa shape index (κ2) is 8.54. The normalized spacial score (nSPS) is 11.7. The Morgan fingerprint density at radius 1 is 1.19 bits per heavy atom. The number of hydrogen-bond donors (Lipinski definition) is 2. The van der Waals surface area contributed by atoms with E-state index < -0.39 is 22.5 Å². The Bertz CT molecular complexity index is 957. The molecule has 0 heterocycles. The van der Waals surface area contributed by atoms with Gasteiger partial charge in [0.2, 0.25) is 10.0 Å². The number of phenols is 1. The smallest absolute Gasteiger partial charge is 0.260 e. The Labute approximate surface area is 158 Å². The number of carbonyl (C=O) groups excluding carboxylic acids is 1. The number of ether oxygens (including phenoxy) is 1. The predicted molar refractivity (Wildman–Crippen MR) is 104 cm³/mol. The number of hydrogen-bond acceptors (Lipinski definition) is 6. The molecule has 0 aliphatic rings. The molecule has 0 aromatic heterocycles. The summed E-state index contributed by atoms with van der Waals surface area (Å²) >= 11 is 0. The Morgan fingerprint density at radius 3 is 2.44 bits per heavy atom. The molecule has 0 saturated carbocycles. The predicted octanol–water partition coefficient (Wildman–Crippen LogP) is 1.71. The molecule has 0 bridgehead atoms. The standard InChI is InChI=1S/C18H21N3O5S/c1-13(14-8-4-6-10-16(14)22)19-20-18(23)12-21(27(3,24)25)15-9-5-7-11-17(15)26-2/h4-11,22H,12H2,1-3H3,(H,20,23)/b19-13-. The van der Waals surface area contributed by atoms with E-state index in [1.54, 1.807) is 49.4 Å². The summed E-state index contributed by atoms with van der Waals surface area (Å²) in [5, 5.41) is 13.7. The van der Waals surface area contributed by atoms with Crippen LogP contribution in [0.1, 0.15) is 12.5 Å². The van der Waals surface area contributed by atoms with Crippen LogP contribution >= 0.6 is 0 Å². The lowest BCUT2D eigenvalue weighted by molar-refractivity contribution is -0.119. The molecule has 0 radical (unpaired) electrons. The first kappa shape index (κ1) is 20.2. The molecule has 0 saturated heterocycles. The van der Waals surface area contributed by atoms with Crippen molar-refractivity contribution in [3.05, 3.63) is 54.1 Å². The minimum atomic E-state index is -3.74. The van der Waals surface area contributed by atoms with Gasteiger partial charge in [-0.2, -0.15) is 5.10 Å². The van der Waals surface area contributed by atoms with E-state index in [1.807, 2.05) is 0 Å².